The summed E-state index contributed by atoms with van der Waals surface area (Å²) >= 11 is 5.61. The minimum atomic E-state index is -0.270. The van der Waals surface area contributed by atoms with Crippen LogP contribution in [0.4, 0.5) is 0 Å². The summed E-state index contributed by atoms with van der Waals surface area (Å²) in [4.78, 5) is 14.0. The lowest BCUT2D eigenvalue weighted by atomic mass is 10.3. The molecule has 4 nitrogen and oxygen atoms in total. The minimum absolute atomic E-state index is 0.0832. The Morgan fingerprint density at radius 3 is 3.00 bits per heavy atom. The number of aliphatic hydroxyl groups excluding tert-OH is 1. The lowest BCUT2D eigenvalue weighted by molar-refractivity contribution is 0.0918. The van der Waals surface area contributed by atoms with Crippen molar-refractivity contribution in [3.8, 4) is 0 Å². The summed E-state index contributed by atoms with van der Waals surface area (Å²) in [5, 5.41) is 11.8. The van der Waals surface area contributed by atoms with E-state index in [2.05, 4.69) is 10.3 Å². The lowest BCUT2D eigenvalue weighted by Gasteiger charge is -2.08. The highest BCUT2D eigenvalue weighted by Crippen LogP contribution is 2.09. The van der Waals surface area contributed by atoms with Crippen LogP contribution in [0.5, 0.6) is 0 Å². The standard InChI is InChI=1S/C8H11ClN2O2/c1-5(4-12)11-8(13)7-2-6(9)3-10-7/h2-3,5,10,12H,4H2,1H3,(H,11,13). The largest absolute Gasteiger partial charge is 0.394 e. The van der Waals surface area contributed by atoms with Crippen LogP contribution in [0, 0.1) is 0 Å². The smallest absolute Gasteiger partial charge is 0.268 e. The van der Waals surface area contributed by atoms with Gasteiger partial charge in [0.15, 0.2) is 0 Å². The first-order chi connectivity index (χ1) is 6.13. The van der Waals surface area contributed by atoms with Crippen LogP contribution in [0.2, 0.25) is 5.02 Å². The molecule has 13 heavy (non-hydrogen) atoms. The van der Waals surface area contributed by atoms with Crippen molar-refractivity contribution >= 4 is 17.5 Å². The Hall–Kier alpha value is -1.00. The predicted molar refractivity (Wildman–Crippen MR) is 49.8 cm³/mol. The molecule has 0 saturated heterocycles. The predicted octanol–water partition coefficient (Wildman–Crippen LogP) is 0.779. The second-order valence-electron chi connectivity index (χ2n) is 2.79. The molecule has 1 aromatic heterocycles. The van der Waals surface area contributed by atoms with Gasteiger partial charge in [-0.3, -0.25) is 4.79 Å². The van der Waals surface area contributed by atoms with Crippen LogP contribution in [-0.2, 0) is 0 Å². The maximum Gasteiger partial charge on any atom is 0.268 e. The third-order valence-electron chi connectivity index (χ3n) is 1.54. The van der Waals surface area contributed by atoms with E-state index in [0.717, 1.165) is 0 Å². The second kappa shape index (κ2) is 4.30. The van der Waals surface area contributed by atoms with E-state index >= 15 is 0 Å². The molecule has 72 valence electrons. The number of halogens is 1. The van der Waals surface area contributed by atoms with E-state index in [-0.39, 0.29) is 18.6 Å². The molecule has 5 heteroatoms. The van der Waals surface area contributed by atoms with E-state index in [4.69, 9.17) is 16.7 Å². The van der Waals surface area contributed by atoms with Gasteiger partial charge in [-0.05, 0) is 13.0 Å². The molecule has 0 aliphatic rings. The average Bonchev–Trinajstić information content (AvgIpc) is 2.51. The van der Waals surface area contributed by atoms with Crippen molar-refractivity contribution in [3.05, 3.63) is 23.0 Å². The average molecular weight is 203 g/mol. The number of H-pyrrole nitrogens is 1. The molecule has 0 saturated carbocycles. The number of nitrogens with one attached hydrogen (secondary N) is 2. The molecule has 0 spiro atoms. The molecule has 0 aliphatic heterocycles. The summed E-state index contributed by atoms with van der Waals surface area (Å²) in [6, 6.07) is 1.27. The van der Waals surface area contributed by atoms with Gasteiger partial charge < -0.3 is 15.4 Å². The van der Waals surface area contributed by atoms with Crippen LogP contribution in [-0.4, -0.2) is 28.6 Å². The SMILES string of the molecule is CC(CO)NC(=O)c1cc(Cl)c[nH]1. The molecule has 1 atom stereocenters. The number of amides is 1. The van der Waals surface area contributed by atoms with E-state index in [0.29, 0.717) is 10.7 Å². The third-order valence-corrected chi connectivity index (χ3v) is 1.76. The maximum absolute atomic E-state index is 11.3. The van der Waals surface area contributed by atoms with E-state index < -0.39 is 0 Å². The van der Waals surface area contributed by atoms with Gasteiger partial charge in [-0.1, -0.05) is 11.6 Å². The number of carbonyl (C=O) groups is 1. The second-order valence-corrected chi connectivity index (χ2v) is 3.23. The highest BCUT2D eigenvalue weighted by Gasteiger charge is 2.10. The molecule has 1 aromatic rings. The van der Waals surface area contributed by atoms with Gasteiger partial charge in [0.2, 0.25) is 0 Å². The van der Waals surface area contributed by atoms with Crippen LogP contribution in [0.1, 0.15) is 17.4 Å². The molecule has 1 unspecified atom stereocenters. The van der Waals surface area contributed by atoms with Crippen LogP contribution in [0.3, 0.4) is 0 Å². The molecule has 3 N–H and O–H groups in total. The van der Waals surface area contributed by atoms with E-state index in [9.17, 15) is 4.79 Å². The van der Waals surface area contributed by atoms with Crippen LogP contribution < -0.4 is 5.32 Å². The molecule has 1 heterocycles. The number of carbonyl (C=O) groups excluding carboxylic acids is 1. The molecule has 0 radical (unpaired) electrons. The summed E-state index contributed by atoms with van der Waals surface area (Å²) in [6.45, 7) is 1.63. The van der Waals surface area contributed by atoms with Crippen molar-refractivity contribution in [2.24, 2.45) is 0 Å². The van der Waals surface area contributed by atoms with E-state index in [1.54, 1.807) is 6.92 Å². The van der Waals surface area contributed by atoms with Crippen LogP contribution in [0.15, 0.2) is 12.3 Å². The topological polar surface area (TPSA) is 65.1 Å². The Morgan fingerprint density at radius 1 is 1.85 bits per heavy atom. The highest BCUT2D eigenvalue weighted by atomic mass is 35.5. The number of rotatable bonds is 3. The molecule has 0 bridgehead atoms. The Balaban J connectivity index is 2.58. The van der Waals surface area contributed by atoms with Crippen molar-refractivity contribution in [1.29, 1.82) is 0 Å². The van der Waals surface area contributed by atoms with Gasteiger partial charge in [-0.25, -0.2) is 0 Å². The van der Waals surface area contributed by atoms with Gasteiger partial charge in [-0.2, -0.15) is 0 Å². The summed E-state index contributed by atoms with van der Waals surface area (Å²) in [5.74, 6) is -0.270. The normalized spacial score (nSPS) is 12.5. The van der Waals surface area contributed by atoms with E-state index in [1.807, 2.05) is 0 Å². The molecule has 0 aromatic carbocycles. The van der Waals surface area contributed by atoms with Gasteiger partial charge in [0.05, 0.1) is 11.6 Å². The molecule has 1 rings (SSSR count). The van der Waals surface area contributed by atoms with Crippen LogP contribution >= 0.6 is 11.6 Å². The fourth-order valence-electron chi connectivity index (χ4n) is 0.846. The van der Waals surface area contributed by atoms with Gasteiger partial charge in [0.25, 0.3) is 5.91 Å². The summed E-state index contributed by atoms with van der Waals surface area (Å²) in [6.07, 6.45) is 1.53. The van der Waals surface area contributed by atoms with Crippen molar-refractivity contribution < 1.29 is 9.90 Å². The van der Waals surface area contributed by atoms with Crippen LogP contribution in [0.25, 0.3) is 0 Å². The maximum atomic E-state index is 11.3. The lowest BCUT2D eigenvalue weighted by Crippen LogP contribution is -2.35. The monoisotopic (exact) mass is 202 g/mol. The summed E-state index contributed by atoms with van der Waals surface area (Å²) in [5.41, 5.74) is 0.394. The first kappa shape index (κ1) is 10.1. The number of aliphatic hydroxyl groups is 1. The quantitative estimate of drug-likeness (QED) is 0.678. The third kappa shape index (κ3) is 2.75. The minimum Gasteiger partial charge on any atom is -0.394 e. The highest BCUT2D eigenvalue weighted by molar-refractivity contribution is 6.30. The fraction of sp³-hybridized carbons (Fsp3) is 0.375. The fourth-order valence-corrected chi connectivity index (χ4v) is 1.01. The van der Waals surface area contributed by atoms with Crippen molar-refractivity contribution in [2.75, 3.05) is 6.61 Å². The van der Waals surface area contributed by atoms with Gasteiger partial charge in [-0.15, -0.1) is 0 Å². The molecular weight excluding hydrogens is 192 g/mol. The van der Waals surface area contributed by atoms with Gasteiger partial charge in [0, 0.05) is 12.2 Å². The zero-order valence-corrected chi connectivity index (χ0v) is 7.93. The number of aromatic nitrogens is 1. The molecular formula is C8H11ClN2O2. The number of aromatic amines is 1. The van der Waals surface area contributed by atoms with Crippen molar-refractivity contribution in [1.82, 2.24) is 10.3 Å². The Labute approximate surface area is 80.9 Å². The van der Waals surface area contributed by atoms with Crippen molar-refractivity contribution in [2.45, 2.75) is 13.0 Å². The molecule has 0 fully saturated rings. The molecule has 1 amide bonds. The zero-order valence-electron chi connectivity index (χ0n) is 7.17. The van der Waals surface area contributed by atoms with Gasteiger partial charge >= 0.3 is 0 Å². The first-order valence-corrected chi connectivity index (χ1v) is 4.27. The summed E-state index contributed by atoms with van der Waals surface area (Å²) < 4.78 is 0. The van der Waals surface area contributed by atoms with E-state index in [1.165, 1.54) is 12.3 Å². The summed E-state index contributed by atoms with van der Waals surface area (Å²) in [7, 11) is 0. The Bertz CT molecular complexity index is 298. The number of hydrogen-bond donors (Lipinski definition) is 3. The van der Waals surface area contributed by atoms with Crippen molar-refractivity contribution in [3.63, 3.8) is 0 Å². The van der Waals surface area contributed by atoms with Gasteiger partial charge in [0.1, 0.15) is 5.69 Å². The number of hydrogen-bond acceptors (Lipinski definition) is 2. The first-order valence-electron chi connectivity index (χ1n) is 3.89. The zero-order chi connectivity index (χ0) is 9.84. The molecule has 0 aliphatic carbocycles. The Kier molecular flexibility index (Phi) is 3.33. The Morgan fingerprint density at radius 2 is 2.54 bits per heavy atom.